The minimum Gasteiger partial charge on any atom is -0.492 e. The number of hydrogen-bond acceptors (Lipinski definition) is 7. The summed E-state index contributed by atoms with van der Waals surface area (Å²) >= 11 is 0. The van der Waals surface area contributed by atoms with E-state index in [0.29, 0.717) is 24.5 Å². The number of aryl methyl sites for hydroxylation is 2. The molecule has 0 radical (unpaired) electrons. The van der Waals surface area contributed by atoms with E-state index in [1.54, 1.807) is 6.20 Å². The molecule has 0 saturated carbocycles. The van der Waals surface area contributed by atoms with Gasteiger partial charge < -0.3 is 9.47 Å². The van der Waals surface area contributed by atoms with Crippen LogP contribution in [0.5, 0.6) is 5.75 Å². The summed E-state index contributed by atoms with van der Waals surface area (Å²) in [6.07, 6.45) is 4.57. The zero-order chi connectivity index (χ0) is 27.5. The molecule has 0 amide bonds. The number of fused-ring (bicyclic) bond motifs is 2. The Hall–Kier alpha value is -4.08. The molecule has 0 bridgehead atoms. The molecular weight excluding hydrogens is 504 g/mol. The molecule has 0 aliphatic carbocycles. The van der Waals surface area contributed by atoms with Gasteiger partial charge in [-0.1, -0.05) is 25.1 Å². The fraction of sp³-hybridized carbons (Fsp3) is 0.355. The highest BCUT2D eigenvalue weighted by Gasteiger charge is 2.19. The number of morpholine rings is 1. The van der Waals surface area contributed by atoms with E-state index in [1.807, 2.05) is 64.7 Å². The van der Waals surface area contributed by atoms with Gasteiger partial charge in [0.15, 0.2) is 5.78 Å². The number of ether oxygens (including phenoxy) is 2. The number of nitrogens with zero attached hydrogens (tertiary/aromatic N) is 6. The number of carbonyl (C=O) groups is 1. The summed E-state index contributed by atoms with van der Waals surface area (Å²) in [5, 5.41) is 5.95. The van der Waals surface area contributed by atoms with Gasteiger partial charge in [0.25, 0.3) is 0 Å². The van der Waals surface area contributed by atoms with Gasteiger partial charge in [0, 0.05) is 49.4 Å². The number of benzene rings is 1. The molecule has 1 aromatic carbocycles. The summed E-state index contributed by atoms with van der Waals surface area (Å²) < 4.78 is 15.2. The first-order valence-corrected chi connectivity index (χ1v) is 13.9. The highest BCUT2D eigenvalue weighted by atomic mass is 16.5. The molecule has 6 rings (SSSR count). The largest absolute Gasteiger partial charge is 0.492 e. The fourth-order valence-electron chi connectivity index (χ4n) is 5.38. The first-order valence-electron chi connectivity index (χ1n) is 13.9. The Bertz CT molecular complexity index is 1650. The Morgan fingerprint density at radius 1 is 1.10 bits per heavy atom. The summed E-state index contributed by atoms with van der Waals surface area (Å²) in [5.74, 6) is 0.759. The van der Waals surface area contributed by atoms with E-state index in [1.165, 1.54) is 0 Å². The summed E-state index contributed by atoms with van der Waals surface area (Å²) in [5.41, 5.74) is 6.17. The number of carbonyl (C=O) groups excluding carboxylic acids is 1. The van der Waals surface area contributed by atoms with Gasteiger partial charge in [0.05, 0.1) is 42.9 Å². The first-order chi connectivity index (χ1) is 19.6. The first kappa shape index (κ1) is 26.2. The second-order valence-corrected chi connectivity index (χ2v) is 10.2. The smallest absolute Gasteiger partial charge is 0.185 e. The molecule has 0 atom stereocenters. The second kappa shape index (κ2) is 11.6. The van der Waals surface area contributed by atoms with Gasteiger partial charge in [-0.3, -0.25) is 23.8 Å². The molecule has 1 fully saturated rings. The van der Waals surface area contributed by atoms with Gasteiger partial charge >= 0.3 is 0 Å². The van der Waals surface area contributed by atoms with Gasteiger partial charge in [-0.25, -0.2) is 4.98 Å². The van der Waals surface area contributed by atoms with E-state index >= 15 is 0 Å². The van der Waals surface area contributed by atoms with Gasteiger partial charge in [0.1, 0.15) is 23.7 Å². The Morgan fingerprint density at radius 2 is 1.95 bits per heavy atom. The topological polar surface area (TPSA) is 86.8 Å². The van der Waals surface area contributed by atoms with Gasteiger partial charge in [-0.15, -0.1) is 0 Å². The standard InChI is InChI=1S/C31H34N6O3/c1-3-26-31-23(7-5-9-27(31)37(34-26)21-24-8-4-6-22(2)33-24)18-29(38)28-20-32-30-19-25(10-11-36(28)30)40-17-14-35-12-15-39-16-13-35/h4-11,19-20H,3,12-18,21H2,1-2H3. The molecule has 5 aromatic rings. The van der Waals surface area contributed by atoms with Crippen molar-refractivity contribution in [2.24, 2.45) is 0 Å². The third kappa shape index (κ3) is 5.48. The molecule has 40 heavy (non-hydrogen) atoms. The molecule has 0 N–H and O–H groups in total. The van der Waals surface area contributed by atoms with E-state index in [2.05, 4.69) is 27.9 Å². The lowest BCUT2D eigenvalue weighted by molar-refractivity contribution is 0.0322. The quantitative estimate of drug-likeness (QED) is 0.247. The maximum Gasteiger partial charge on any atom is 0.185 e. The average molecular weight is 539 g/mol. The Balaban J connectivity index is 1.20. The maximum atomic E-state index is 13.6. The Kier molecular flexibility index (Phi) is 7.57. The summed E-state index contributed by atoms with van der Waals surface area (Å²) in [6, 6.07) is 15.9. The molecule has 206 valence electrons. The van der Waals surface area contributed by atoms with E-state index < -0.39 is 0 Å². The van der Waals surface area contributed by atoms with Crippen molar-refractivity contribution in [1.82, 2.24) is 29.0 Å². The molecule has 4 aromatic heterocycles. The predicted molar refractivity (Wildman–Crippen MR) is 153 cm³/mol. The zero-order valence-electron chi connectivity index (χ0n) is 23.0. The van der Waals surface area contributed by atoms with Crippen LogP contribution in [0.2, 0.25) is 0 Å². The highest BCUT2D eigenvalue weighted by Crippen LogP contribution is 2.26. The second-order valence-electron chi connectivity index (χ2n) is 10.2. The molecule has 1 aliphatic heterocycles. The van der Waals surface area contributed by atoms with Crippen LogP contribution in [0.3, 0.4) is 0 Å². The van der Waals surface area contributed by atoms with Crippen LogP contribution in [0.25, 0.3) is 16.6 Å². The number of aromatic nitrogens is 5. The summed E-state index contributed by atoms with van der Waals surface area (Å²) in [6.45, 7) is 9.55. The lowest BCUT2D eigenvalue weighted by atomic mass is 10.0. The van der Waals surface area contributed by atoms with Crippen LogP contribution in [0.1, 0.15) is 40.1 Å². The lowest BCUT2D eigenvalue weighted by Crippen LogP contribution is -2.38. The zero-order valence-corrected chi connectivity index (χ0v) is 23.0. The van der Waals surface area contributed by atoms with Crippen molar-refractivity contribution in [3.05, 3.63) is 89.3 Å². The van der Waals surface area contributed by atoms with E-state index in [0.717, 1.165) is 78.6 Å². The van der Waals surface area contributed by atoms with Gasteiger partial charge in [-0.05, 0) is 43.2 Å². The third-order valence-corrected chi connectivity index (χ3v) is 7.43. The predicted octanol–water partition coefficient (Wildman–Crippen LogP) is 4.13. The molecule has 9 nitrogen and oxygen atoms in total. The lowest BCUT2D eigenvalue weighted by Gasteiger charge is -2.26. The molecular formula is C31H34N6O3. The highest BCUT2D eigenvalue weighted by molar-refractivity contribution is 5.99. The third-order valence-electron chi connectivity index (χ3n) is 7.43. The monoisotopic (exact) mass is 538 g/mol. The van der Waals surface area contributed by atoms with Gasteiger partial charge in [0.2, 0.25) is 0 Å². The molecule has 9 heteroatoms. The molecule has 0 spiro atoms. The normalized spacial score (nSPS) is 14.2. The summed E-state index contributed by atoms with van der Waals surface area (Å²) in [4.78, 5) is 25.0. The Labute approximate surface area is 233 Å². The minimum absolute atomic E-state index is 0.0103. The van der Waals surface area contributed by atoms with Gasteiger partial charge in [-0.2, -0.15) is 5.10 Å². The number of hydrogen-bond donors (Lipinski definition) is 0. The fourth-order valence-corrected chi connectivity index (χ4v) is 5.38. The van der Waals surface area contributed by atoms with Crippen LogP contribution in [0.4, 0.5) is 0 Å². The average Bonchev–Trinajstić information content (AvgIpc) is 3.55. The maximum absolute atomic E-state index is 13.6. The number of Topliss-reactive ketones (excluding diaryl/α,β-unsaturated/α-hetero) is 1. The van der Waals surface area contributed by atoms with Crippen LogP contribution in [-0.2, 0) is 24.1 Å². The number of ketones is 1. The van der Waals surface area contributed by atoms with E-state index in [9.17, 15) is 4.79 Å². The molecule has 1 saturated heterocycles. The van der Waals surface area contributed by atoms with Crippen molar-refractivity contribution in [3.63, 3.8) is 0 Å². The molecule has 5 heterocycles. The van der Waals surface area contributed by atoms with Crippen molar-refractivity contribution < 1.29 is 14.3 Å². The van der Waals surface area contributed by atoms with Crippen molar-refractivity contribution in [1.29, 1.82) is 0 Å². The van der Waals surface area contributed by atoms with Crippen molar-refractivity contribution in [3.8, 4) is 5.75 Å². The Morgan fingerprint density at radius 3 is 2.77 bits per heavy atom. The number of pyridine rings is 2. The van der Waals surface area contributed by atoms with Crippen LogP contribution in [0.15, 0.2) is 60.9 Å². The van der Waals surface area contributed by atoms with E-state index in [4.69, 9.17) is 14.6 Å². The summed E-state index contributed by atoms with van der Waals surface area (Å²) in [7, 11) is 0. The van der Waals surface area contributed by atoms with Crippen LogP contribution in [-0.4, -0.2) is 74.3 Å². The van der Waals surface area contributed by atoms with Crippen LogP contribution >= 0.6 is 0 Å². The van der Waals surface area contributed by atoms with Crippen LogP contribution in [0, 0.1) is 6.92 Å². The van der Waals surface area contributed by atoms with Crippen LogP contribution < -0.4 is 4.74 Å². The SMILES string of the molecule is CCc1nn(Cc2cccc(C)n2)c2cccc(CC(=O)c3cnc4cc(OCCN5CCOCC5)ccn34)c12. The van der Waals surface area contributed by atoms with Crippen molar-refractivity contribution >= 4 is 22.3 Å². The molecule has 0 unspecified atom stereocenters. The van der Waals surface area contributed by atoms with Crippen molar-refractivity contribution in [2.45, 2.75) is 33.2 Å². The molecule has 1 aliphatic rings. The van der Waals surface area contributed by atoms with Crippen molar-refractivity contribution in [2.75, 3.05) is 39.5 Å². The minimum atomic E-state index is 0.0103. The number of rotatable bonds is 10. The number of imidazole rings is 1. The van der Waals surface area contributed by atoms with E-state index in [-0.39, 0.29) is 12.2 Å².